The molecule has 0 aromatic heterocycles. The zero-order valence-electron chi connectivity index (χ0n) is 18.7. The Bertz CT molecular complexity index is 890. The third-order valence-corrected chi connectivity index (χ3v) is 7.36. The van der Waals surface area contributed by atoms with Crippen LogP contribution < -0.4 is 0 Å². The predicted octanol–water partition coefficient (Wildman–Crippen LogP) is 5.66. The second-order valence-electron chi connectivity index (χ2n) is 9.46. The summed E-state index contributed by atoms with van der Waals surface area (Å²) in [5, 5.41) is 10.5. The van der Waals surface area contributed by atoms with Gasteiger partial charge in [-0.2, -0.15) is 0 Å². The van der Waals surface area contributed by atoms with E-state index in [0.717, 1.165) is 66.1 Å². The summed E-state index contributed by atoms with van der Waals surface area (Å²) in [5.41, 5.74) is 1.81. The normalized spacial score (nSPS) is 25.1. The zero-order chi connectivity index (χ0) is 21.5. The van der Waals surface area contributed by atoms with Crippen LogP contribution in [0.5, 0.6) is 0 Å². The van der Waals surface area contributed by atoms with Crippen LogP contribution in [0.4, 0.5) is 0 Å². The second-order valence-corrected chi connectivity index (χ2v) is 9.46. The van der Waals surface area contributed by atoms with Crippen molar-refractivity contribution in [1.29, 1.82) is 0 Å². The monoisotopic (exact) mass is 410 g/mol. The number of carbonyl (C=O) groups is 1. The van der Waals surface area contributed by atoms with Crippen LogP contribution in [0, 0.1) is 11.3 Å². The van der Waals surface area contributed by atoms with Crippen molar-refractivity contribution in [2.45, 2.75) is 78.2 Å². The highest BCUT2D eigenvalue weighted by Gasteiger charge is 2.49. The van der Waals surface area contributed by atoms with Crippen molar-refractivity contribution >= 4 is 5.78 Å². The quantitative estimate of drug-likeness (QED) is 0.614. The molecule has 0 aromatic carbocycles. The summed E-state index contributed by atoms with van der Waals surface area (Å²) in [5.74, 6) is 2.88. The maximum absolute atomic E-state index is 13.5. The average Bonchev–Trinajstić information content (AvgIpc) is 2.96. The molecule has 30 heavy (non-hydrogen) atoms. The molecule has 0 aromatic rings. The lowest BCUT2D eigenvalue weighted by molar-refractivity contribution is -0.113. The van der Waals surface area contributed by atoms with Gasteiger partial charge in [0.2, 0.25) is 0 Å². The van der Waals surface area contributed by atoms with Crippen LogP contribution in [-0.4, -0.2) is 23.1 Å². The summed E-state index contributed by atoms with van der Waals surface area (Å²) >= 11 is 0. The van der Waals surface area contributed by atoms with Crippen molar-refractivity contribution in [3.05, 3.63) is 58.3 Å². The molecule has 162 valence electrons. The van der Waals surface area contributed by atoms with Crippen molar-refractivity contribution < 1.29 is 19.4 Å². The van der Waals surface area contributed by atoms with Crippen molar-refractivity contribution in [2.24, 2.45) is 11.3 Å². The van der Waals surface area contributed by atoms with Gasteiger partial charge in [0.25, 0.3) is 0 Å². The molecule has 1 aliphatic heterocycles. The van der Waals surface area contributed by atoms with E-state index in [4.69, 9.17) is 9.47 Å². The van der Waals surface area contributed by atoms with Gasteiger partial charge in [0.15, 0.2) is 5.78 Å². The maximum atomic E-state index is 13.5. The molecule has 0 radical (unpaired) electrons. The van der Waals surface area contributed by atoms with Crippen molar-refractivity contribution in [2.75, 3.05) is 6.61 Å². The number of ketones is 1. The topological polar surface area (TPSA) is 55.8 Å². The van der Waals surface area contributed by atoms with Gasteiger partial charge in [-0.05, 0) is 63.7 Å². The van der Waals surface area contributed by atoms with Crippen molar-refractivity contribution in [3.8, 4) is 0 Å². The molecule has 4 nitrogen and oxygen atoms in total. The fourth-order valence-corrected chi connectivity index (χ4v) is 5.10. The van der Waals surface area contributed by atoms with Gasteiger partial charge in [-0.25, -0.2) is 0 Å². The van der Waals surface area contributed by atoms with Gasteiger partial charge in [0.1, 0.15) is 11.5 Å². The lowest BCUT2D eigenvalue weighted by Crippen LogP contribution is -2.31. The molecule has 4 rings (SSSR count). The largest absolute Gasteiger partial charge is 0.498 e. The fourth-order valence-electron chi connectivity index (χ4n) is 5.10. The minimum absolute atomic E-state index is 0.0817. The van der Waals surface area contributed by atoms with Gasteiger partial charge >= 0.3 is 0 Å². The van der Waals surface area contributed by atoms with E-state index in [9.17, 15) is 9.90 Å². The molecule has 1 unspecified atom stereocenters. The minimum atomic E-state index is -0.658. The number of aliphatic hydroxyl groups is 1. The molecule has 4 aliphatic rings. The van der Waals surface area contributed by atoms with Gasteiger partial charge in [0.05, 0.1) is 18.0 Å². The van der Waals surface area contributed by atoms with Gasteiger partial charge in [0, 0.05) is 35.3 Å². The summed E-state index contributed by atoms with van der Waals surface area (Å²) in [6, 6.07) is 0. The summed E-state index contributed by atoms with van der Waals surface area (Å²) in [4.78, 5) is 13.5. The summed E-state index contributed by atoms with van der Waals surface area (Å²) < 4.78 is 12.4. The van der Waals surface area contributed by atoms with Gasteiger partial charge in [-0.3, -0.25) is 4.79 Å². The van der Waals surface area contributed by atoms with Crippen LogP contribution in [0.1, 0.15) is 72.6 Å². The van der Waals surface area contributed by atoms with Crippen molar-refractivity contribution in [1.82, 2.24) is 0 Å². The Morgan fingerprint density at radius 2 is 2.03 bits per heavy atom. The molecule has 3 aliphatic carbocycles. The van der Waals surface area contributed by atoms with E-state index in [1.54, 1.807) is 0 Å². The summed E-state index contributed by atoms with van der Waals surface area (Å²) in [7, 11) is 0. The SMILES string of the molecule is CCC(O)(CC)CCOC1=CC2=C(CC1)C(=O)C1=C(OC3=CC=CCCC31)C2(C)C. The Labute approximate surface area is 180 Å². The van der Waals surface area contributed by atoms with E-state index >= 15 is 0 Å². The van der Waals surface area contributed by atoms with Crippen LogP contribution in [0.25, 0.3) is 0 Å². The smallest absolute Gasteiger partial charge is 0.189 e. The molecule has 1 atom stereocenters. The Hall–Kier alpha value is -2.07. The maximum Gasteiger partial charge on any atom is 0.189 e. The average molecular weight is 411 g/mol. The van der Waals surface area contributed by atoms with E-state index in [2.05, 4.69) is 26.0 Å². The molecular formula is C26H34O4. The van der Waals surface area contributed by atoms with Crippen LogP contribution in [0.2, 0.25) is 0 Å². The molecule has 0 bridgehead atoms. The first-order chi connectivity index (χ1) is 14.3. The number of fused-ring (bicyclic) bond motifs is 2. The molecule has 0 amide bonds. The highest BCUT2D eigenvalue weighted by molar-refractivity contribution is 6.12. The molecular weight excluding hydrogens is 376 g/mol. The van der Waals surface area contributed by atoms with Gasteiger partial charge < -0.3 is 14.6 Å². The van der Waals surface area contributed by atoms with Crippen molar-refractivity contribution in [3.63, 3.8) is 0 Å². The number of ether oxygens (including phenoxy) is 2. The number of rotatable bonds is 6. The predicted molar refractivity (Wildman–Crippen MR) is 117 cm³/mol. The Morgan fingerprint density at radius 1 is 1.27 bits per heavy atom. The molecule has 0 fully saturated rings. The van der Waals surface area contributed by atoms with E-state index in [-0.39, 0.29) is 17.1 Å². The number of allylic oxidation sites excluding steroid dienone is 8. The van der Waals surface area contributed by atoms with Crippen LogP contribution in [0.3, 0.4) is 0 Å². The van der Waals surface area contributed by atoms with Crippen LogP contribution >= 0.6 is 0 Å². The first-order valence-electron chi connectivity index (χ1n) is 11.4. The van der Waals surface area contributed by atoms with E-state index in [1.807, 2.05) is 26.0 Å². The molecule has 1 N–H and O–H groups in total. The first-order valence-corrected chi connectivity index (χ1v) is 11.4. The number of hydrogen-bond acceptors (Lipinski definition) is 4. The molecule has 0 spiro atoms. The Morgan fingerprint density at radius 3 is 2.77 bits per heavy atom. The highest BCUT2D eigenvalue weighted by Crippen LogP contribution is 2.54. The van der Waals surface area contributed by atoms with Gasteiger partial charge in [-0.1, -0.05) is 26.0 Å². The molecule has 0 saturated heterocycles. The standard InChI is InChI=1S/C26H34O4/c1-5-26(28,6-2)14-15-29-17-12-13-18-20(16-17)25(3,4)24-22(23(18)27)19-10-8-7-9-11-21(19)30-24/h7,9,11,16,19,28H,5-6,8,10,12-15H2,1-4H3. The third kappa shape index (κ3) is 3.49. The number of hydrogen-bond donors (Lipinski definition) is 1. The summed E-state index contributed by atoms with van der Waals surface area (Å²) in [6.45, 7) is 8.81. The lowest BCUT2D eigenvalue weighted by Gasteiger charge is -2.36. The highest BCUT2D eigenvalue weighted by atomic mass is 16.5. The summed E-state index contributed by atoms with van der Waals surface area (Å²) in [6.07, 6.45) is 13.7. The zero-order valence-corrected chi connectivity index (χ0v) is 18.7. The van der Waals surface area contributed by atoms with E-state index in [0.29, 0.717) is 19.4 Å². The lowest BCUT2D eigenvalue weighted by atomic mass is 9.68. The third-order valence-electron chi connectivity index (χ3n) is 7.36. The van der Waals surface area contributed by atoms with Gasteiger partial charge in [-0.15, -0.1) is 0 Å². The first kappa shape index (κ1) is 21.2. The Balaban J connectivity index is 1.57. The number of carbonyl (C=O) groups excluding carboxylic acids is 1. The van der Waals surface area contributed by atoms with E-state index < -0.39 is 5.60 Å². The minimum Gasteiger partial charge on any atom is -0.498 e. The fraction of sp³-hybridized carbons (Fsp3) is 0.577. The van der Waals surface area contributed by atoms with E-state index in [1.165, 1.54) is 0 Å². The van der Waals surface area contributed by atoms with Crippen LogP contribution in [0.15, 0.2) is 58.3 Å². The molecule has 1 heterocycles. The Kier molecular flexibility index (Phi) is 5.56. The number of Topliss-reactive ketones (excluding diaryl/α,β-unsaturated/α-hetero) is 1. The molecule has 0 saturated carbocycles. The molecule has 4 heteroatoms. The second kappa shape index (κ2) is 7.88. The van der Waals surface area contributed by atoms with Crippen LogP contribution in [-0.2, 0) is 14.3 Å².